The maximum absolute atomic E-state index is 13.0. The molecule has 35 heavy (non-hydrogen) atoms. The van der Waals surface area contributed by atoms with E-state index in [2.05, 4.69) is 17.0 Å². The number of fused-ring (bicyclic) bond motifs is 1. The van der Waals surface area contributed by atoms with Crippen LogP contribution in [0, 0.1) is 0 Å². The number of furan rings is 1. The SMILES string of the molecule is CCc1ccc2c(CC(=O)Nc3cc(S(=O)(=O)Nc4ccccc4OC)ccc3OC)coc2c1. The van der Waals surface area contributed by atoms with Crippen molar-refractivity contribution in [3.05, 3.63) is 78.1 Å². The molecule has 0 aliphatic rings. The summed E-state index contributed by atoms with van der Waals surface area (Å²) >= 11 is 0. The van der Waals surface area contributed by atoms with Crippen molar-refractivity contribution in [2.75, 3.05) is 24.3 Å². The zero-order valence-electron chi connectivity index (χ0n) is 19.6. The van der Waals surface area contributed by atoms with Gasteiger partial charge in [0.15, 0.2) is 0 Å². The van der Waals surface area contributed by atoms with Gasteiger partial charge in [0.25, 0.3) is 10.0 Å². The number of sulfonamides is 1. The van der Waals surface area contributed by atoms with Crippen LogP contribution in [-0.2, 0) is 27.7 Å². The van der Waals surface area contributed by atoms with Crippen molar-refractivity contribution in [3.63, 3.8) is 0 Å². The summed E-state index contributed by atoms with van der Waals surface area (Å²) in [6, 6.07) is 16.8. The number of amides is 1. The molecule has 8 nitrogen and oxygen atoms in total. The van der Waals surface area contributed by atoms with Crippen LogP contribution in [0.3, 0.4) is 0 Å². The monoisotopic (exact) mass is 494 g/mol. The van der Waals surface area contributed by atoms with Crippen LogP contribution < -0.4 is 19.5 Å². The smallest absolute Gasteiger partial charge is 0.262 e. The number of anilines is 2. The topological polar surface area (TPSA) is 107 Å². The van der Waals surface area contributed by atoms with E-state index in [-0.39, 0.29) is 22.9 Å². The van der Waals surface area contributed by atoms with Gasteiger partial charge in [0.2, 0.25) is 5.91 Å². The van der Waals surface area contributed by atoms with Crippen molar-refractivity contribution in [1.82, 2.24) is 0 Å². The molecule has 2 N–H and O–H groups in total. The van der Waals surface area contributed by atoms with Crippen molar-refractivity contribution in [2.24, 2.45) is 0 Å². The summed E-state index contributed by atoms with van der Waals surface area (Å²) in [6.45, 7) is 2.06. The number of benzene rings is 3. The number of para-hydroxylation sites is 2. The van der Waals surface area contributed by atoms with Crippen LogP contribution >= 0.6 is 0 Å². The Hall–Kier alpha value is -3.98. The molecule has 3 aromatic carbocycles. The summed E-state index contributed by atoms with van der Waals surface area (Å²) in [5.41, 5.74) is 3.14. The Morgan fingerprint density at radius 3 is 2.43 bits per heavy atom. The molecule has 4 rings (SSSR count). The van der Waals surface area contributed by atoms with Crippen molar-refractivity contribution >= 4 is 38.3 Å². The lowest BCUT2D eigenvalue weighted by Crippen LogP contribution is -2.17. The zero-order chi connectivity index (χ0) is 25.0. The van der Waals surface area contributed by atoms with Crippen molar-refractivity contribution < 1.29 is 27.1 Å². The number of carbonyl (C=O) groups is 1. The number of methoxy groups -OCH3 is 2. The zero-order valence-corrected chi connectivity index (χ0v) is 20.4. The Morgan fingerprint density at radius 2 is 1.69 bits per heavy atom. The first kappa shape index (κ1) is 24.2. The van der Waals surface area contributed by atoms with E-state index in [0.29, 0.717) is 17.2 Å². The Labute approximate surface area is 203 Å². The Kier molecular flexibility index (Phi) is 6.97. The summed E-state index contributed by atoms with van der Waals surface area (Å²) in [4.78, 5) is 12.8. The Balaban J connectivity index is 1.56. The molecule has 1 heterocycles. The highest BCUT2D eigenvalue weighted by Crippen LogP contribution is 2.31. The van der Waals surface area contributed by atoms with Crippen LogP contribution in [0.15, 0.2) is 76.2 Å². The second-order valence-corrected chi connectivity index (χ2v) is 9.52. The van der Waals surface area contributed by atoms with Crippen molar-refractivity contribution in [3.8, 4) is 11.5 Å². The standard InChI is InChI=1S/C26H26N2O6S/c1-4-17-9-11-20-18(16-34-25(20)13-17)14-26(29)27-22-15-19(10-12-24(22)33-3)35(30,31)28-21-7-5-6-8-23(21)32-2/h5-13,15-16,28H,4,14H2,1-3H3,(H,27,29). The minimum Gasteiger partial charge on any atom is -0.495 e. The summed E-state index contributed by atoms with van der Waals surface area (Å²) in [6.07, 6.45) is 2.51. The molecule has 4 aromatic rings. The number of aryl methyl sites for hydroxylation is 1. The molecule has 182 valence electrons. The van der Waals surface area contributed by atoms with Crippen LogP contribution in [0.25, 0.3) is 11.0 Å². The third-order valence-corrected chi connectivity index (χ3v) is 6.95. The van der Waals surface area contributed by atoms with Crippen molar-refractivity contribution in [1.29, 1.82) is 0 Å². The summed E-state index contributed by atoms with van der Waals surface area (Å²) in [5, 5.41) is 3.63. The summed E-state index contributed by atoms with van der Waals surface area (Å²) in [5.74, 6) is 0.383. The van der Waals surface area contributed by atoms with Gasteiger partial charge in [-0.05, 0) is 48.4 Å². The molecule has 0 aliphatic heterocycles. The number of carbonyl (C=O) groups excluding carboxylic acids is 1. The van der Waals surface area contributed by atoms with Gasteiger partial charge in [-0.3, -0.25) is 9.52 Å². The van der Waals surface area contributed by atoms with E-state index < -0.39 is 10.0 Å². The highest BCUT2D eigenvalue weighted by atomic mass is 32.2. The minimum absolute atomic E-state index is 0.0413. The first-order valence-electron chi connectivity index (χ1n) is 11.0. The molecule has 1 amide bonds. The number of ether oxygens (including phenoxy) is 2. The second kappa shape index (κ2) is 10.1. The van der Waals surface area contributed by atoms with Gasteiger partial charge in [-0.2, -0.15) is 0 Å². The molecule has 0 atom stereocenters. The molecule has 0 fully saturated rings. The molecule has 0 saturated carbocycles. The van der Waals surface area contributed by atoms with E-state index in [0.717, 1.165) is 28.5 Å². The molecular weight excluding hydrogens is 468 g/mol. The van der Waals surface area contributed by atoms with Crippen LogP contribution in [0.2, 0.25) is 0 Å². The molecule has 0 spiro atoms. The van der Waals surface area contributed by atoms with Crippen molar-refractivity contribution in [2.45, 2.75) is 24.7 Å². The quantitative estimate of drug-likeness (QED) is 0.339. The van der Waals surface area contributed by atoms with Gasteiger partial charge in [-0.1, -0.05) is 31.2 Å². The molecule has 0 saturated heterocycles. The average Bonchev–Trinajstić information content (AvgIpc) is 3.25. The van der Waals surface area contributed by atoms with Gasteiger partial charge in [0.1, 0.15) is 17.1 Å². The fourth-order valence-corrected chi connectivity index (χ4v) is 4.83. The van der Waals surface area contributed by atoms with E-state index in [1.165, 1.54) is 32.4 Å². The van der Waals surface area contributed by atoms with Crippen LogP contribution in [0.1, 0.15) is 18.1 Å². The third kappa shape index (κ3) is 5.25. The van der Waals surface area contributed by atoms with E-state index in [1.807, 2.05) is 18.2 Å². The molecular formula is C26H26N2O6S. The van der Waals surface area contributed by atoms with Gasteiger partial charge in [0, 0.05) is 10.9 Å². The van der Waals surface area contributed by atoms with Gasteiger partial charge >= 0.3 is 0 Å². The van der Waals surface area contributed by atoms with Gasteiger partial charge in [0.05, 0.1) is 43.2 Å². The summed E-state index contributed by atoms with van der Waals surface area (Å²) < 4.78 is 44.8. The van der Waals surface area contributed by atoms with Crippen LogP contribution in [-0.4, -0.2) is 28.5 Å². The van der Waals surface area contributed by atoms with Crippen LogP contribution in [0.5, 0.6) is 11.5 Å². The van der Waals surface area contributed by atoms with Gasteiger partial charge in [-0.15, -0.1) is 0 Å². The largest absolute Gasteiger partial charge is 0.495 e. The maximum Gasteiger partial charge on any atom is 0.262 e. The van der Waals surface area contributed by atoms with Gasteiger partial charge in [-0.25, -0.2) is 8.42 Å². The third-order valence-electron chi connectivity index (χ3n) is 5.59. The molecule has 1 aromatic heterocycles. The highest BCUT2D eigenvalue weighted by molar-refractivity contribution is 7.92. The Bertz CT molecular complexity index is 1480. The first-order valence-corrected chi connectivity index (χ1v) is 12.5. The predicted molar refractivity (Wildman–Crippen MR) is 135 cm³/mol. The number of hydrogen-bond acceptors (Lipinski definition) is 6. The lowest BCUT2D eigenvalue weighted by Gasteiger charge is -2.14. The normalized spacial score (nSPS) is 11.3. The summed E-state index contributed by atoms with van der Waals surface area (Å²) in [7, 11) is -1.06. The maximum atomic E-state index is 13.0. The molecule has 0 aliphatic carbocycles. The first-order chi connectivity index (χ1) is 16.8. The average molecular weight is 495 g/mol. The molecule has 0 bridgehead atoms. The molecule has 0 radical (unpaired) electrons. The van der Waals surface area contributed by atoms with Crippen LogP contribution in [0.4, 0.5) is 11.4 Å². The Morgan fingerprint density at radius 1 is 0.943 bits per heavy atom. The van der Waals surface area contributed by atoms with E-state index >= 15 is 0 Å². The number of rotatable bonds is 9. The number of nitrogens with one attached hydrogen (secondary N) is 2. The second-order valence-electron chi connectivity index (χ2n) is 7.84. The lowest BCUT2D eigenvalue weighted by atomic mass is 10.1. The van der Waals surface area contributed by atoms with E-state index in [9.17, 15) is 13.2 Å². The fourth-order valence-electron chi connectivity index (χ4n) is 3.74. The molecule has 0 unspecified atom stereocenters. The van der Waals surface area contributed by atoms with E-state index in [4.69, 9.17) is 13.9 Å². The van der Waals surface area contributed by atoms with E-state index in [1.54, 1.807) is 30.5 Å². The lowest BCUT2D eigenvalue weighted by molar-refractivity contribution is -0.115. The predicted octanol–water partition coefficient (Wildman–Crippen LogP) is 4.99. The minimum atomic E-state index is -3.97. The fraction of sp³-hybridized carbons (Fsp3) is 0.192. The molecule has 9 heteroatoms. The number of hydrogen-bond donors (Lipinski definition) is 2. The van der Waals surface area contributed by atoms with Gasteiger partial charge < -0.3 is 19.2 Å². The highest BCUT2D eigenvalue weighted by Gasteiger charge is 2.20.